The van der Waals surface area contributed by atoms with Crippen LogP contribution < -0.4 is 5.32 Å². The first-order valence-corrected chi connectivity index (χ1v) is 9.30. The van der Waals surface area contributed by atoms with Gasteiger partial charge in [0.05, 0.1) is 5.52 Å². The van der Waals surface area contributed by atoms with E-state index in [9.17, 15) is 9.90 Å². The van der Waals surface area contributed by atoms with Gasteiger partial charge in [0.25, 0.3) is 0 Å². The van der Waals surface area contributed by atoms with Crippen molar-refractivity contribution < 1.29 is 9.90 Å². The van der Waals surface area contributed by atoms with Gasteiger partial charge in [0.2, 0.25) is 5.91 Å². The van der Waals surface area contributed by atoms with Crippen LogP contribution in [0.15, 0.2) is 72.8 Å². The highest BCUT2D eigenvalue weighted by Crippen LogP contribution is 2.43. The van der Waals surface area contributed by atoms with Gasteiger partial charge in [-0.3, -0.25) is 9.48 Å². The summed E-state index contributed by atoms with van der Waals surface area (Å²) in [5, 5.41) is 19.4. The molecule has 0 spiro atoms. The molecule has 1 aliphatic carbocycles. The van der Waals surface area contributed by atoms with Crippen LogP contribution in [0.1, 0.15) is 22.8 Å². The standard InChI is InChI=1S/C23H19N3O2/c27-20(24-13-15-7-2-1-3-8-15)14-26-19-12-6-11-18-21(19)22(25-26)16-9-4-5-10-17(16)23(18)28/h1-12,23,28H,13-14H2,(H,24,27). The van der Waals surface area contributed by atoms with Gasteiger partial charge in [0, 0.05) is 17.5 Å². The molecule has 138 valence electrons. The molecule has 1 aliphatic rings. The number of benzene rings is 3. The third kappa shape index (κ3) is 2.68. The molecule has 5 heteroatoms. The zero-order chi connectivity index (χ0) is 19.1. The second kappa shape index (κ2) is 6.62. The summed E-state index contributed by atoms with van der Waals surface area (Å²) in [4.78, 5) is 12.5. The lowest BCUT2D eigenvalue weighted by molar-refractivity contribution is -0.121. The molecule has 0 aliphatic heterocycles. The molecule has 5 rings (SSSR count). The molecule has 1 aromatic heterocycles. The van der Waals surface area contributed by atoms with Crippen LogP contribution in [0, 0.1) is 0 Å². The first-order chi connectivity index (χ1) is 13.7. The lowest BCUT2D eigenvalue weighted by Gasteiger charge is -2.21. The number of rotatable bonds is 4. The average molecular weight is 369 g/mol. The molecule has 4 aromatic rings. The Labute approximate surface area is 162 Å². The molecule has 0 bridgehead atoms. The molecule has 28 heavy (non-hydrogen) atoms. The fraction of sp³-hybridized carbons (Fsp3) is 0.130. The zero-order valence-corrected chi connectivity index (χ0v) is 15.2. The second-order valence-corrected chi connectivity index (χ2v) is 7.00. The summed E-state index contributed by atoms with van der Waals surface area (Å²) in [6.07, 6.45) is -0.683. The zero-order valence-electron chi connectivity index (χ0n) is 15.2. The molecule has 5 nitrogen and oxygen atoms in total. The molecule has 0 radical (unpaired) electrons. The van der Waals surface area contributed by atoms with Crippen LogP contribution in [-0.4, -0.2) is 20.8 Å². The predicted octanol–water partition coefficient (Wildman–Crippen LogP) is 3.41. The number of aliphatic hydroxyl groups is 1. The third-order valence-electron chi connectivity index (χ3n) is 5.24. The van der Waals surface area contributed by atoms with Gasteiger partial charge in [-0.05, 0) is 22.8 Å². The first kappa shape index (κ1) is 16.7. The van der Waals surface area contributed by atoms with E-state index in [1.54, 1.807) is 4.68 Å². The molecule has 0 fully saturated rings. The van der Waals surface area contributed by atoms with Crippen molar-refractivity contribution in [3.8, 4) is 11.3 Å². The van der Waals surface area contributed by atoms with Gasteiger partial charge in [0.15, 0.2) is 0 Å². The Hall–Kier alpha value is -3.44. The summed E-state index contributed by atoms with van der Waals surface area (Å²) < 4.78 is 1.73. The molecule has 0 saturated carbocycles. The Morgan fingerprint density at radius 3 is 2.57 bits per heavy atom. The Morgan fingerprint density at radius 1 is 0.964 bits per heavy atom. The minimum absolute atomic E-state index is 0.0988. The number of carbonyl (C=O) groups excluding carboxylic acids is 1. The normalized spacial score (nSPS) is 14.7. The number of amides is 1. The van der Waals surface area contributed by atoms with E-state index >= 15 is 0 Å². The molecular formula is C23H19N3O2. The van der Waals surface area contributed by atoms with E-state index < -0.39 is 6.10 Å². The summed E-state index contributed by atoms with van der Waals surface area (Å²) >= 11 is 0. The summed E-state index contributed by atoms with van der Waals surface area (Å²) in [6.45, 7) is 0.615. The number of aliphatic hydroxyl groups excluding tert-OH is 1. The molecular weight excluding hydrogens is 350 g/mol. The van der Waals surface area contributed by atoms with Gasteiger partial charge >= 0.3 is 0 Å². The van der Waals surface area contributed by atoms with Gasteiger partial charge in [-0.2, -0.15) is 5.10 Å². The lowest BCUT2D eigenvalue weighted by Crippen LogP contribution is -2.27. The SMILES string of the molecule is O=C(Cn1nc2c3c(cccc31)C(O)c1ccccc1-2)NCc1ccccc1. The number of carbonyl (C=O) groups is 1. The largest absolute Gasteiger partial charge is 0.384 e. The minimum atomic E-state index is -0.683. The smallest absolute Gasteiger partial charge is 0.242 e. The number of hydrogen-bond donors (Lipinski definition) is 2. The third-order valence-corrected chi connectivity index (χ3v) is 5.24. The molecule has 1 heterocycles. The molecule has 1 unspecified atom stereocenters. The van der Waals surface area contributed by atoms with Crippen LogP contribution in [0.5, 0.6) is 0 Å². The van der Waals surface area contributed by atoms with E-state index in [-0.39, 0.29) is 12.5 Å². The molecule has 2 N–H and O–H groups in total. The molecule has 0 saturated heterocycles. The number of fused-ring (bicyclic) bond motifs is 2. The van der Waals surface area contributed by atoms with Crippen molar-refractivity contribution in [2.45, 2.75) is 19.2 Å². The number of aromatic nitrogens is 2. The highest BCUT2D eigenvalue weighted by molar-refractivity contribution is 6.00. The average Bonchev–Trinajstić information content (AvgIpc) is 3.10. The van der Waals surface area contributed by atoms with Gasteiger partial charge in [0.1, 0.15) is 18.3 Å². The molecule has 1 amide bonds. The summed E-state index contributed by atoms with van der Waals surface area (Å²) in [5.41, 5.74) is 5.34. The second-order valence-electron chi connectivity index (χ2n) is 7.00. The molecule has 3 aromatic carbocycles. The number of nitrogens with one attached hydrogen (secondary N) is 1. The number of nitrogens with zero attached hydrogens (tertiary/aromatic N) is 2. The van der Waals surface area contributed by atoms with Crippen molar-refractivity contribution in [1.29, 1.82) is 0 Å². The van der Waals surface area contributed by atoms with Crippen LogP contribution in [0.2, 0.25) is 0 Å². The van der Waals surface area contributed by atoms with E-state index in [0.29, 0.717) is 6.54 Å². The van der Waals surface area contributed by atoms with Crippen LogP contribution in [-0.2, 0) is 17.9 Å². The van der Waals surface area contributed by atoms with Gasteiger partial charge in [-0.25, -0.2) is 0 Å². The van der Waals surface area contributed by atoms with Crippen LogP contribution in [0.4, 0.5) is 0 Å². The Kier molecular flexibility index (Phi) is 3.95. The fourth-order valence-corrected chi connectivity index (χ4v) is 3.90. The Balaban J connectivity index is 1.49. The maximum Gasteiger partial charge on any atom is 0.242 e. The van der Waals surface area contributed by atoms with Gasteiger partial charge in [-0.1, -0.05) is 66.7 Å². The topological polar surface area (TPSA) is 67.2 Å². The van der Waals surface area contributed by atoms with E-state index in [2.05, 4.69) is 5.32 Å². The van der Waals surface area contributed by atoms with Crippen molar-refractivity contribution in [3.05, 3.63) is 89.5 Å². The Bertz CT molecular complexity index is 1180. The van der Waals surface area contributed by atoms with Crippen molar-refractivity contribution in [2.75, 3.05) is 0 Å². The predicted molar refractivity (Wildman–Crippen MR) is 108 cm³/mol. The van der Waals surface area contributed by atoms with E-state index in [1.165, 1.54) is 0 Å². The van der Waals surface area contributed by atoms with Gasteiger partial charge in [-0.15, -0.1) is 0 Å². The minimum Gasteiger partial charge on any atom is -0.384 e. The fourth-order valence-electron chi connectivity index (χ4n) is 3.90. The maximum absolute atomic E-state index is 12.5. The van der Waals surface area contributed by atoms with Crippen LogP contribution >= 0.6 is 0 Å². The van der Waals surface area contributed by atoms with Crippen LogP contribution in [0.25, 0.3) is 22.2 Å². The van der Waals surface area contributed by atoms with Crippen molar-refractivity contribution in [3.63, 3.8) is 0 Å². The Morgan fingerprint density at radius 2 is 1.71 bits per heavy atom. The van der Waals surface area contributed by atoms with Gasteiger partial charge < -0.3 is 10.4 Å². The van der Waals surface area contributed by atoms with E-state index in [0.717, 1.165) is 38.9 Å². The van der Waals surface area contributed by atoms with Crippen molar-refractivity contribution in [1.82, 2.24) is 15.1 Å². The summed E-state index contributed by atoms with van der Waals surface area (Å²) in [6, 6.07) is 23.3. The quantitative estimate of drug-likeness (QED) is 0.579. The van der Waals surface area contributed by atoms with Crippen LogP contribution in [0.3, 0.4) is 0 Å². The van der Waals surface area contributed by atoms with E-state index in [4.69, 9.17) is 5.10 Å². The monoisotopic (exact) mass is 369 g/mol. The highest BCUT2D eigenvalue weighted by Gasteiger charge is 2.28. The maximum atomic E-state index is 12.5. The number of hydrogen-bond acceptors (Lipinski definition) is 3. The van der Waals surface area contributed by atoms with E-state index in [1.807, 2.05) is 72.8 Å². The van der Waals surface area contributed by atoms with Crippen molar-refractivity contribution >= 4 is 16.8 Å². The summed E-state index contributed by atoms with van der Waals surface area (Å²) in [7, 11) is 0. The van der Waals surface area contributed by atoms with Crippen molar-refractivity contribution in [2.24, 2.45) is 0 Å². The first-order valence-electron chi connectivity index (χ1n) is 9.30. The molecule has 1 atom stereocenters. The lowest BCUT2D eigenvalue weighted by atomic mass is 9.86. The summed E-state index contributed by atoms with van der Waals surface area (Å²) in [5.74, 6) is -0.0988. The highest BCUT2D eigenvalue weighted by atomic mass is 16.3.